The van der Waals surface area contributed by atoms with Crippen molar-refractivity contribution < 1.29 is 18.8 Å². The average Bonchev–Trinajstić information content (AvgIpc) is 3.16. The third-order valence-electron chi connectivity index (χ3n) is 3.65. The largest absolute Gasteiger partial charge is 0.382 e. The van der Waals surface area contributed by atoms with Crippen LogP contribution in [0.2, 0.25) is 0 Å². The summed E-state index contributed by atoms with van der Waals surface area (Å²) in [6, 6.07) is 6.11. The minimum atomic E-state index is -0.648. The first-order chi connectivity index (χ1) is 10.2. The van der Waals surface area contributed by atoms with Gasteiger partial charge in [0.2, 0.25) is 6.10 Å². The van der Waals surface area contributed by atoms with Crippen LogP contribution in [0.4, 0.5) is 4.39 Å². The van der Waals surface area contributed by atoms with Gasteiger partial charge in [-0.25, -0.2) is 4.39 Å². The zero-order chi connectivity index (χ0) is 14.7. The van der Waals surface area contributed by atoms with Gasteiger partial charge in [-0.3, -0.25) is 4.79 Å². The number of amides is 1. The molecule has 0 aromatic heterocycles. The molecule has 112 valence electrons. The molecule has 3 rings (SSSR count). The maximum Gasteiger partial charge on any atom is 0.264 e. The third-order valence-corrected chi connectivity index (χ3v) is 3.65. The first-order valence-electron chi connectivity index (χ1n) is 7.10. The Morgan fingerprint density at radius 2 is 2.38 bits per heavy atom. The van der Waals surface area contributed by atoms with Crippen molar-refractivity contribution >= 4 is 11.6 Å². The Hall–Kier alpha value is -1.95. The van der Waals surface area contributed by atoms with Gasteiger partial charge in [-0.1, -0.05) is 17.3 Å². The van der Waals surface area contributed by atoms with E-state index in [1.165, 1.54) is 12.1 Å². The molecule has 1 saturated heterocycles. The van der Waals surface area contributed by atoms with E-state index in [0.717, 1.165) is 19.4 Å². The zero-order valence-electron chi connectivity index (χ0n) is 11.5. The van der Waals surface area contributed by atoms with Crippen LogP contribution in [-0.2, 0) is 14.4 Å². The van der Waals surface area contributed by atoms with E-state index in [1.54, 1.807) is 12.1 Å². The van der Waals surface area contributed by atoms with Crippen LogP contribution in [-0.4, -0.2) is 37.0 Å². The Labute approximate surface area is 122 Å². The molecule has 2 aliphatic rings. The van der Waals surface area contributed by atoms with Crippen LogP contribution in [0, 0.1) is 5.82 Å². The van der Waals surface area contributed by atoms with Gasteiger partial charge in [0.05, 0.1) is 11.8 Å². The Bertz CT molecular complexity index is 556. The van der Waals surface area contributed by atoms with Crippen LogP contribution in [0.15, 0.2) is 29.4 Å². The molecule has 2 heterocycles. The van der Waals surface area contributed by atoms with Gasteiger partial charge in [0.25, 0.3) is 5.91 Å². The molecule has 0 radical (unpaired) electrons. The zero-order valence-corrected chi connectivity index (χ0v) is 11.5. The Balaban J connectivity index is 1.52. The van der Waals surface area contributed by atoms with E-state index in [-0.39, 0.29) is 17.8 Å². The molecule has 1 aromatic rings. The Morgan fingerprint density at radius 3 is 3.14 bits per heavy atom. The van der Waals surface area contributed by atoms with Gasteiger partial charge >= 0.3 is 0 Å². The predicted octanol–water partition coefficient (Wildman–Crippen LogP) is 1.61. The second-order valence-corrected chi connectivity index (χ2v) is 5.23. The van der Waals surface area contributed by atoms with E-state index in [4.69, 9.17) is 9.57 Å². The number of benzene rings is 1. The first kappa shape index (κ1) is 14.0. The van der Waals surface area contributed by atoms with Crippen molar-refractivity contribution in [1.82, 2.24) is 5.32 Å². The summed E-state index contributed by atoms with van der Waals surface area (Å²) >= 11 is 0. The lowest BCUT2D eigenvalue weighted by Gasteiger charge is -2.13. The number of carbonyl (C=O) groups is 1. The van der Waals surface area contributed by atoms with Gasteiger partial charge in [-0.2, -0.15) is 0 Å². The molecule has 1 aromatic carbocycles. The predicted molar refractivity (Wildman–Crippen MR) is 74.4 cm³/mol. The lowest BCUT2D eigenvalue weighted by Crippen LogP contribution is -2.39. The summed E-state index contributed by atoms with van der Waals surface area (Å²) in [4.78, 5) is 17.2. The van der Waals surface area contributed by atoms with Crippen LogP contribution in [0.1, 0.15) is 24.8 Å². The fourth-order valence-corrected chi connectivity index (χ4v) is 2.49. The highest BCUT2D eigenvalue weighted by Gasteiger charge is 2.29. The SMILES string of the molecule is O=C(NC[C@H]1CCCO1)[C@H]1CC(c2cccc(F)c2)=NO1. The van der Waals surface area contributed by atoms with Gasteiger partial charge < -0.3 is 14.9 Å². The second kappa shape index (κ2) is 6.22. The normalized spacial score (nSPS) is 24.5. The molecular weight excluding hydrogens is 275 g/mol. The van der Waals surface area contributed by atoms with E-state index in [2.05, 4.69) is 10.5 Å². The smallest absolute Gasteiger partial charge is 0.264 e. The van der Waals surface area contributed by atoms with Crippen LogP contribution in [0.5, 0.6) is 0 Å². The lowest BCUT2D eigenvalue weighted by atomic mass is 10.0. The molecule has 2 aliphatic heterocycles. The number of hydrogen-bond donors (Lipinski definition) is 1. The number of nitrogens with one attached hydrogen (secondary N) is 1. The summed E-state index contributed by atoms with van der Waals surface area (Å²) in [5.74, 6) is -0.540. The highest BCUT2D eigenvalue weighted by molar-refractivity contribution is 6.04. The maximum absolute atomic E-state index is 13.2. The summed E-state index contributed by atoms with van der Waals surface area (Å²) in [5, 5.41) is 6.70. The molecule has 0 bridgehead atoms. The van der Waals surface area contributed by atoms with Gasteiger partial charge in [0.1, 0.15) is 5.82 Å². The van der Waals surface area contributed by atoms with Gasteiger partial charge in [0.15, 0.2) is 0 Å². The molecule has 1 N–H and O–H groups in total. The van der Waals surface area contributed by atoms with Crippen LogP contribution >= 0.6 is 0 Å². The summed E-state index contributed by atoms with van der Waals surface area (Å²) in [6.45, 7) is 1.25. The molecule has 0 saturated carbocycles. The van der Waals surface area contributed by atoms with E-state index < -0.39 is 6.10 Å². The van der Waals surface area contributed by atoms with E-state index in [9.17, 15) is 9.18 Å². The number of carbonyl (C=O) groups excluding carboxylic acids is 1. The summed E-state index contributed by atoms with van der Waals surface area (Å²) in [7, 11) is 0. The number of oxime groups is 1. The second-order valence-electron chi connectivity index (χ2n) is 5.23. The number of nitrogens with zero attached hydrogens (tertiary/aromatic N) is 1. The van der Waals surface area contributed by atoms with Crippen molar-refractivity contribution in [2.75, 3.05) is 13.2 Å². The summed E-state index contributed by atoms with van der Waals surface area (Å²) < 4.78 is 18.6. The number of halogens is 1. The fraction of sp³-hybridized carbons (Fsp3) is 0.467. The average molecular weight is 292 g/mol. The number of rotatable bonds is 4. The summed E-state index contributed by atoms with van der Waals surface area (Å²) in [6.07, 6.45) is 1.80. The third kappa shape index (κ3) is 3.39. The molecule has 21 heavy (non-hydrogen) atoms. The number of ether oxygens (including phenoxy) is 1. The highest BCUT2D eigenvalue weighted by atomic mass is 19.1. The maximum atomic E-state index is 13.2. The van der Waals surface area contributed by atoms with Crippen LogP contribution < -0.4 is 5.32 Å². The lowest BCUT2D eigenvalue weighted by molar-refractivity contribution is -0.131. The van der Waals surface area contributed by atoms with Crippen molar-refractivity contribution in [1.29, 1.82) is 0 Å². The molecule has 2 atom stereocenters. The topological polar surface area (TPSA) is 59.9 Å². The molecule has 0 unspecified atom stereocenters. The summed E-state index contributed by atoms with van der Waals surface area (Å²) in [5.41, 5.74) is 1.23. The van der Waals surface area contributed by atoms with E-state index in [0.29, 0.717) is 24.2 Å². The van der Waals surface area contributed by atoms with Gasteiger partial charge in [0, 0.05) is 25.1 Å². The van der Waals surface area contributed by atoms with Crippen LogP contribution in [0.25, 0.3) is 0 Å². The molecule has 1 fully saturated rings. The monoisotopic (exact) mass is 292 g/mol. The minimum absolute atomic E-state index is 0.0963. The Kier molecular flexibility index (Phi) is 4.15. The van der Waals surface area contributed by atoms with Crippen molar-refractivity contribution in [2.24, 2.45) is 5.16 Å². The molecule has 1 amide bonds. The van der Waals surface area contributed by atoms with Gasteiger partial charge in [-0.05, 0) is 25.0 Å². The fourth-order valence-electron chi connectivity index (χ4n) is 2.49. The standard InChI is InChI=1S/C15H17FN2O3/c16-11-4-1-3-10(7-11)13-8-14(21-18-13)15(19)17-9-12-5-2-6-20-12/h1,3-4,7,12,14H,2,5-6,8-9H2,(H,17,19)/t12-,14-/m1/s1. The van der Waals surface area contributed by atoms with Crippen molar-refractivity contribution in [3.05, 3.63) is 35.6 Å². The first-order valence-corrected chi connectivity index (χ1v) is 7.10. The Morgan fingerprint density at radius 1 is 1.48 bits per heavy atom. The van der Waals surface area contributed by atoms with Crippen LogP contribution in [0.3, 0.4) is 0 Å². The molecular formula is C15H17FN2O3. The van der Waals surface area contributed by atoms with Crippen molar-refractivity contribution in [2.45, 2.75) is 31.5 Å². The van der Waals surface area contributed by atoms with E-state index in [1.807, 2.05) is 0 Å². The molecule has 5 nitrogen and oxygen atoms in total. The minimum Gasteiger partial charge on any atom is -0.382 e. The highest BCUT2D eigenvalue weighted by Crippen LogP contribution is 2.18. The van der Waals surface area contributed by atoms with E-state index >= 15 is 0 Å². The molecule has 0 spiro atoms. The van der Waals surface area contributed by atoms with Crippen molar-refractivity contribution in [3.8, 4) is 0 Å². The van der Waals surface area contributed by atoms with Crippen molar-refractivity contribution in [3.63, 3.8) is 0 Å². The molecule has 6 heteroatoms. The quantitative estimate of drug-likeness (QED) is 0.917. The molecule has 0 aliphatic carbocycles. The number of hydrogen-bond acceptors (Lipinski definition) is 4. The van der Waals surface area contributed by atoms with Gasteiger partial charge in [-0.15, -0.1) is 0 Å².